The highest BCUT2D eigenvalue weighted by Gasteiger charge is 2.43. The summed E-state index contributed by atoms with van der Waals surface area (Å²) in [6.45, 7) is 0.971. The maximum Gasteiger partial charge on any atom is 0.375 e. The number of aliphatic hydroxyl groups excluding tert-OH is 1. The molecule has 82 valence electrons. The molecule has 2 atom stereocenters. The summed E-state index contributed by atoms with van der Waals surface area (Å²) in [5.41, 5.74) is 0. The van der Waals surface area contributed by atoms with E-state index >= 15 is 0 Å². The molecule has 1 saturated heterocycles. The molecule has 1 aliphatic rings. The largest absolute Gasteiger partial charge is 0.477 e. The second-order valence-electron chi connectivity index (χ2n) is 3.68. The van der Waals surface area contributed by atoms with Gasteiger partial charge in [-0.3, -0.25) is 4.90 Å². The molecular formula is C8H13F2NO3. The number of alkyl halides is 2. The number of nitrogens with zero attached hydrogens (tertiary/aromatic N) is 1. The fourth-order valence-electron chi connectivity index (χ4n) is 1.61. The fraction of sp³-hybridized carbons (Fsp3) is 0.875. The summed E-state index contributed by atoms with van der Waals surface area (Å²) in [6, 6.07) is -0.199. The van der Waals surface area contributed by atoms with Crippen LogP contribution in [0.15, 0.2) is 0 Å². The Kier molecular flexibility index (Phi) is 3.06. The molecule has 0 aromatic rings. The van der Waals surface area contributed by atoms with Crippen LogP contribution in [0.5, 0.6) is 0 Å². The number of carboxylic acid groups (broad SMARTS) is 1. The summed E-state index contributed by atoms with van der Waals surface area (Å²) in [5, 5.41) is 17.4. The van der Waals surface area contributed by atoms with Crippen LogP contribution in [0.2, 0.25) is 0 Å². The first-order valence-electron chi connectivity index (χ1n) is 4.36. The molecule has 0 amide bonds. The lowest BCUT2D eigenvalue weighted by molar-refractivity contribution is -0.167. The Hall–Kier alpha value is -0.750. The van der Waals surface area contributed by atoms with Crippen LogP contribution in [0.25, 0.3) is 0 Å². The van der Waals surface area contributed by atoms with Crippen molar-refractivity contribution < 1.29 is 23.8 Å². The van der Waals surface area contributed by atoms with Crippen LogP contribution in [0.1, 0.15) is 13.3 Å². The van der Waals surface area contributed by atoms with Gasteiger partial charge in [-0.1, -0.05) is 0 Å². The molecule has 6 heteroatoms. The van der Waals surface area contributed by atoms with E-state index in [1.54, 1.807) is 6.92 Å². The third-order valence-electron chi connectivity index (χ3n) is 2.40. The van der Waals surface area contributed by atoms with Crippen molar-refractivity contribution in [3.63, 3.8) is 0 Å². The Morgan fingerprint density at radius 2 is 2.21 bits per heavy atom. The van der Waals surface area contributed by atoms with Crippen molar-refractivity contribution in [3.8, 4) is 0 Å². The third kappa shape index (κ3) is 2.39. The lowest BCUT2D eigenvalue weighted by atomic mass is 10.2. The number of hydrogen-bond donors (Lipinski definition) is 2. The van der Waals surface area contributed by atoms with E-state index in [0.717, 1.165) is 0 Å². The molecule has 1 fully saturated rings. The normalized spacial score (nSPS) is 29.4. The van der Waals surface area contributed by atoms with Crippen molar-refractivity contribution in [1.29, 1.82) is 0 Å². The van der Waals surface area contributed by atoms with Crippen LogP contribution in [-0.2, 0) is 4.79 Å². The number of rotatable bonds is 3. The number of likely N-dealkylation sites (tertiary alicyclic amines) is 1. The Labute approximate surface area is 80.1 Å². The Bertz CT molecular complexity index is 235. The van der Waals surface area contributed by atoms with Gasteiger partial charge in [0.15, 0.2) is 0 Å². The van der Waals surface area contributed by atoms with Gasteiger partial charge in [-0.15, -0.1) is 0 Å². The van der Waals surface area contributed by atoms with Gasteiger partial charge < -0.3 is 10.2 Å². The van der Waals surface area contributed by atoms with Crippen LogP contribution in [0, 0.1) is 0 Å². The predicted molar refractivity (Wildman–Crippen MR) is 44.2 cm³/mol. The SMILES string of the molecule is CC1CC(O)CN1CC(F)(F)C(=O)O. The summed E-state index contributed by atoms with van der Waals surface area (Å²) >= 11 is 0. The van der Waals surface area contributed by atoms with Crippen molar-refractivity contribution >= 4 is 5.97 Å². The quantitative estimate of drug-likeness (QED) is 0.695. The van der Waals surface area contributed by atoms with Gasteiger partial charge in [0.1, 0.15) is 0 Å². The zero-order valence-electron chi connectivity index (χ0n) is 7.78. The molecule has 1 heterocycles. The number of β-amino-alcohol motifs (C(OH)–C–C–N with tert-alkyl or cyclic N) is 1. The van der Waals surface area contributed by atoms with Crippen LogP contribution in [0.4, 0.5) is 8.78 Å². The van der Waals surface area contributed by atoms with E-state index in [9.17, 15) is 18.7 Å². The highest BCUT2D eigenvalue weighted by Crippen LogP contribution is 2.23. The molecule has 0 aliphatic carbocycles. The highest BCUT2D eigenvalue weighted by molar-refractivity contribution is 5.75. The van der Waals surface area contributed by atoms with Gasteiger partial charge in [-0.25, -0.2) is 4.79 Å². The van der Waals surface area contributed by atoms with Crippen molar-refractivity contribution in [2.45, 2.75) is 31.4 Å². The molecule has 14 heavy (non-hydrogen) atoms. The first-order valence-corrected chi connectivity index (χ1v) is 4.36. The zero-order valence-corrected chi connectivity index (χ0v) is 7.78. The Balaban J connectivity index is 2.56. The first kappa shape index (κ1) is 11.3. The van der Waals surface area contributed by atoms with Crippen LogP contribution in [-0.4, -0.2) is 52.2 Å². The van der Waals surface area contributed by atoms with Gasteiger partial charge >= 0.3 is 11.9 Å². The van der Waals surface area contributed by atoms with Crippen LogP contribution in [0.3, 0.4) is 0 Å². The van der Waals surface area contributed by atoms with Gasteiger partial charge in [-0.2, -0.15) is 8.78 Å². The van der Waals surface area contributed by atoms with E-state index in [-0.39, 0.29) is 12.6 Å². The number of carboxylic acids is 1. The molecule has 4 nitrogen and oxygen atoms in total. The van der Waals surface area contributed by atoms with Crippen molar-refractivity contribution in [2.75, 3.05) is 13.1 Å². The molecule has 0 aromatic heterocycles. The summed E-state index contributed by atoms with van der Waals surface area (Å²) in [7, 11) is 0. The van der Waals surface area contributed by atoms with E-state index in [0.29, 0.717) is 6.42 Å². The summed E-state index contributed by atoms with van der Waals surface area (Å²) < 4.78 is 25.6. The van der Waals surface area contributed by atoms with Crippen LogP contribution < -0.4 is 0 Å². The topological polar surface area (TPSA) is 60.8 Å². The van der Waals surface area contributed by atoms with E-state index in [2.05, 4.69) is 0 Å². The van der Waals surface area contributed by atoms with E-state index in [1.807, 2.05) is 0 Å². The minimum absolute atomic E-state index is 0.115. The molecule has 0 aromatic carbocycles. The third-order valence-corrected chi connectivity index (χ3v) is 2.40. The Morgan fingerprint density at radius 1 is 1.64 bits per heavy atom. The summed E-state index contributed by atoms with van der Waals surface area (Å²) in [6.07, 6.45) is -0.218. The molecule has 2 unspecified atom stereocenters. The molecule has 0 bridgehead atoms. The molecular weight excluding hydrogens is 196 g/mol. The lowest BCUT2D eigenvalue weighted by Crippen LogP contribution is -2.44. The maximum atomic E-state index is 12.8. The number of halogens is 2. The Morgan fingerprint density at radius 3 is 2.57 bits per heavy atom. The average Bonchev–Trinajstić information content (AvgIpc) is 2.29. The first-order chi connectivity index (χ1) is 6.33. The van der Waals surface area contributed by atoms with Crippen molar-refractivity contribution in [2.24, 2.45) is 0 Å². The van der Waals surface area contributed by atoms with Crippen molar-refractivity contribution in [1.82, 2.24) is 4.90 Å². The molecule has 1 rings (SSSR count). The lowest BCUT2D eigenvalue weighted by Gasteiger charge is -2.23. The molecule has 2 N–H and O–H groups in total. The number of aliphatic carboxylic acids is 1. The van der Waals surface area contributed by atoms with Gasteiger partial charge in [0, 0.05) is 12.6 Å². The van der Waals surface area contributed by atoms with E-state index in [4.69, 9.17) is 5.11 Å². The maximum absolute atomic E-state index is 12.8. The van der Waals surface area contributed by atoms with Gasteiger partial charge in [0.2, 0.25) is 0 Å². The van der Waals surface area contributed by atoms with Gasteiger partial charge in [0.25, 0.3) is 0 Å². The fourth-order valence-corrected chi connectivity index (χ4v) is 1.61. The summed E-state index contributed by atoms with van der Waals surface area (Å²) in [5.74, 6) is -5.86. The molecule has 1 aliphatic heterocycles. The summed E-state index contributed by atoms with van der Waals surface area (Å²) in [4.78, 5) is 11.4. The number of carbonyl (C=O) groups is 1. The van der Waals surface area contributed by atoms with Crippen molar-refractivity contribution in [3.05, 3.63) is 0 Å². The zero-order chi connectivity index (χ0) is 10.9. The minimum atomic E-state index is -3.74. The number of aliphatic hydroxyl groups is 1. The number of hydrogen-bond acceptors (Lipinski definition) is 3. The predicted octanol–water partition coefficient (Wildman–Crippen LogP) is 0.161. The van der Waals surface area contributed by atoms with Gasteiger partial charge in [0.05, 0.1) is 12.6 Å². The molecule has 0 radical (unpaired) electrons. The minimum Gasteiger partial charge on any atom is -0.477 e. The second kappa shape index (κ2) is 3.78. The smallest absolute Gasteiger partial charge is 0.375 e. The highest BCUT2D eigenvalue weighted by atomic mass is 19.3. The average molecular weight is 209 g/mol. The monoisotopic (exact) mass is 209 g/mol. The molecule has 0 spiro atoms. The standard InChI is InChI=1S/C8H13F2NO3/c1-5-2-6(12)3-11(5)4-8(9,10)7(13)14/h5-6,12H,2-4H2,1H3,(H,13,14). The van der Waals surface area contributed by atoms with Gasteiger partial charge in [-0.05, 0) is 13.3 Å². The van der Waals surface area contributed by atoms with Crippen LogP contribution >= 0.6 is 0 Å². The second-order valence-corrected chi connectivity index (χ2v) is 3.68. The molecule has 0 saturated carbocycles. The van der Waals surface area contributed by atoms with E-state index < -0.39 is 24.5 Å². The van der Waals surface area contributed by atoms with E-state index in [1.165, 1.54) is 4.90 Å².